The van der Waals surface area contributed by atoms with Crippen LogP contribution in [0.25, 0.3) is 0 Å². The third-order valence-electron chi connectivity index (χ3n) is 3.23. The maximum Gasteiger partial charge on any atom is 0.573 e. The number of benzene rings is 2. The van der Waals surface area contributed by atoms with Crippen molar-refractivity contribution in [2.24, 2.45) is 0 Å². The predicted molar refractivity (Wildman–Crippen MR) is 81.0 cm³/mol. The van der Waals surface area contributed by atoms with Crippen molar-refractivity contribution in [3.63, 3.8) is 0 Å². The third-order valence-corrected chi connectivity index (χ3v) is 3.23. The van der Waals surface area contributed by atoms with Gasteiger partial charge in [0.1, 0.15) is 5.75 Å². The number of anilines is 1. The van der Waals surface area contributed by atoms with Gasteiger partial charge in [-0.25, -0.2) is 0 Å². The summed E-state index contributed by atoms with van der Waals surface area (Å²) in [5, 5.41) is 3.11. The van der Waals surface area contributed by atoms with Gasteiger partial charge in [0.2, 0.25) is 0 Å². The first-order chi connectivity index (χ1) is 10.3. The first-order valence-electron chi connectivity index (χ1n) is 7.02. The number of hydrogen-bond acceptors (Lipinski definition) is 2. The summed E-state index contributed by atoms with van der Waals surface area (Å²) >= 11 is 0. The van der Waals surface area contributed by atoms with E-state index in [0.29, 0.717) is 5.56 Å². The molecular formula is C17H18F3NO. The first-order valence-corrected chi connectivity index (χ1v) is 7.02. The minimum atomic E-state index is -4.69. The summed E-state index contributed by atoms with van der Waals surface area (Å²) in [4.78, 5) is 0. The predicted octanol–water partition coefficient (Wildman–Crippen LogP) is 5.32. The Kier molecular flexibility index (Phi) is 4.96. The summed E-state index contributed by atoms with van der Waals surface area (Å²) in [5.74, 6) is 0.0655. The van der Waals surface area contributed by atoms with Gasteiger partial charge in [-0.15, -0.1) is 13.2 Å². The van der Waals surface area contributed by atoms with E-state index in [1.54, 1.807) is 12.1 Å². The molecule has 0 fully saturated rings. The topological polar surface area (TPSA) is 21.3 Å². The normalized spacial score (nSPS) is 11.5. The van der Waals surface area contributed by atoms with Crippen LogP contribution in [-0.2, 0) is 6.54 Å². The van der Waals surface area contributed by atoms with E-state index < -0.39 is 6.36 Å². The SMILES string of the molecule is CC(C)c1ccc(OC(F)(F)F)c(CNc2ccccc2)c1. The van der Waals surface area contributed by atoms with Gasteiger partial charge in [0.05, 0.1) is 0 Å². The standard InChI is InChI=1S/C17H18F3NO/c1-12(2)13-8-9-16(22-17(18,19)20)14(10-13)11-21-15-6-4-3-5-7-15/h3-10,12,21H,11H2,1-2H3. The third kappa shape index (κ3) is 4.69. The van der Waals surface area contributed by atoms with Crippen molar-refractivity contribution >= 4 is 5.69 Å². The van der Waals surface area contributed by atoms with Crippen molar-refractivity contribution in [2.45, 2.75) is 32.7 Å². The van der Waals surface area contributed by atoms with Crippen LogP contribution in [-0.4, -0.2) is 6.36 Å². The van der Waals surface area contributed by atoms with Gasteiger partial charge in [-0.05, 0) is 29.7 Å². The van der Waals surface area contributed by atoms with Crippen LogP contribution in [0.15, 0.2) is 48.5 Å². The molecule has 0 aromatic heterocycles. The van der Waals surface area contributed by atoms with E-state index in [4.69, 9.17) is 0 Å². The minimum absolute atomic E-state index is 0.166. The maximum absolute atomic E-state index is 12.5. The van der Waals surface area contributed by atoms with E-state index in [0.717, 1.165) is 11.3 Å². The Hall–Kier alpha value is -2.17. The Morgan fingerprint density at radius 3 is 2.32 bits per heavy atom. The molecule has 0 radical (unpaired) electrons. The molecule has 2 nitrogen and oxygen atoms in total. The van der Waals surface area contributed by atoms with Crippen molar-refractivity contribution < 1.29 is 17.9 Å². The van der Waals surface area contributed by atoms with Gasteiger partial charge in [-0.2, -0.15) is 0 Å². The lowest BCUT2D eigenvalue weighted by atomic mass is 10.00. The molecule has 1 N–H and O–H groups in total. The second-order valence-corrected chi connectivity index (χ2v) is 5.29. The lowest BCUT2D eigenvalue weighted by Gasteiger charge is -2.16. The summed E-state index contributed by atoms with van der Waals surface area (Å²) < 4.78 is 41.6. The zero-order valence-corrected chi connectivity index (χ0v) is 12.4. The minimum Gasteiger partial charge on any atom is -0.405 e. The number of para-hydroxylation sites is 1. The van der Waals surface area contributed by atoms with Crippen molar-refractivity contribution in [3.8, 4) is 5.75 Å². The van der Waals surface area contributed by atoms with Crippen LogP contribution < -0.4 is 10.1 Å². The molecule has 0 aliphatic carbocycles. The van der Waals surface area contributed by atoms with Crippen LogP contribution in [0, 0.1) is 0 Å². The monoisotopic (exact) mass is 309 g/mol. The second-order valence-electron chi connectivity index (χ2n) is 5.29. The molecule has 0 heterocycles. The quantitative estimate of drug-likeness (QED) is 0.807. The summed E-state index contributed by atoms with van der Waals surface area (Å²) in [7, 11) is 0. The van der Waals surface area contributed by atoms with Crippen molar-refractivity contribution in [1.29, 1.82) is 0 Å². The van der Waals surface area contributed by atoms with Crippen LogP contribution in [0.5, 0.6) is 5.75 Å². The molecule has 0 spiro atoms. The Labute approximate surface area is 127 Å². The van der Waals surface area contributed by atoms with Crippen LogP contribution in [0.1, 0.15) is 30.9 Å². The van der Waals surface area contributed by atoms with E-state index in [2.05, 4.69) is 10.1 Å². The number of hydrogen-bond donors (Lipinski definition) is 1. The molecule has 2 aromatic rings. The number of ether oxygens (including phenoxy) is 1. The van der Waals surface area contributed by atoms with Gasteiger partial charge in [0, 0.05) is 17.8 Å². The Morgan fingerprint density at radius 1 is 1.05 bits per heavy atom. The van der Waals surface area contributed by atoms with Crippen LogP contribution >= 0.6 is 0 Å². The zero-order chi connectivity index (χ0) is 16.2. The Bertz CT molecular complexity index is 609. The molecule has 2 rings (SSSR count). The number of rotatable bonds is 5. The smallest absolute Gasteiger partial charge is 0.405 e. The molecule has 118 valence electrons. The van der Waals surface area contributed by atoms with Gasteiger partial charge >= 0.3 is 6.36 Å². The van der Waals surface area contributed by atoms with Crippen molar-refractivity contribution in [3.05, 3.63) is 59.7 Å². The van der Waals surface area contributed by atoms with Gasteiger partial charge in [-0.3, -0.25) is 0 Å². The highest BCUT2D eigenvalue weighted by molar-refractivity contribution is 5.46. The van der Waals surface area contributed by atoms with Crippen LogP contribution in [0.2, 0.25) is 0 Å². The fraction of sp³-hybridized carbons (Fsp3) is 0.294. The van der Waals surface area contributed by atoms with Gasteiger partial charge < -0.3 is 10.1 Å². The molecule has 0 atom stereocenters. The molecule has 0 amide bonds. The van der Waals surface area contributed by atoms with Crippen LogP contribution in [0.4, 0.5) is 18.9 Å². The highest BCUT2D eigenvalue weighted by Crippen LogP contribution is 2.29. The van der Waals surface area contributed by atoms with E-state index in [9.17, 15) is 13.2 Å². The van der Waals surface area contributed by atoms with Gasteiger partial charge in [0.25, 0.3) is 0 Å². The molecule has 5 heteroatoms. The average molecular weight is 309 g/mol. The summed E-state index contributed by atoms with van der Waals surface area (Å²) in [6.45, 7) is 4.25. The van der Waals surface area contributed by atoms with E-state index in [1.807, 2.05) is 44.2 Å². The second kappa shape index (κ2) is 6.73. The van der Waals surface area contributed by atoms with Gasteiger partial charge in [-0.1, -0.05) is 44.2 Å². The fourth-order valence-electron chi connectivity index (χ4n) is 2.07. The molecular weight excluding hydrogens is 291 g/mol. The summed E-state index contributed by atoms with van der Waals surface area (Å²) in [6, 6.07) is 14.1. The lowest BCUT2D eigenvalue weighted by molar-refractivity contribution is -0.274. The highest BCUT2D eigenvalue weighted by atomic mass is 19.4. The molecule has 22 heavy (non-hydrogen) atoms. The molecule has 0 bridgehead atoms. The zero-order valence-electron chi connectivity index (χ0n) is 12.4. The number of alkyl halides is 3. The maximum atomic E-state index is 12.5. The largest absolute Gasteiger partial charge is 0.573 e. The molecule has 2 aromatic carbocycles. The fourth-order valence-corrected chi connectivity index (χ4v) is 2.07. The molecule has 0 saturated heterocycles. The highest BCUT2D eigenvalue weighted by Gasteiger charge is 2.32. The number of halogens is 3. The summed E-state index contributed by atoms with van der Waals surface area (Å²) in [5.41, 5.74) is 2.29. The molecule has 0 unspecified atom stereocenters. The molecule has 0 aliphatic rings. The van der Waals surface area contributed by atoms with Crippen molar-refractivity contribution in [2.75, 3.05) is 5.32 Å². The van der Waals surface area contributed by atoms with E-state index in [1.165, 1.54) is 6.07 Å². The van der Waals surface area contributed by atoms with Gasteiger partial charge in [0.15, 0.2) is 0 Å². The molecule has 0 aliphatic heterocycles. The van der Waals surface area contributed by atoms with E-state index in [-0.39, 0.29) is 18.2 Å². The first kappa shape index (κ1) is 16.2. The lowest BCUT2D eigenvalue weighted by Crippen LogP contribution is -2.18. The Morgan fingerprint density at radius 2 is 1.73 bits per heavy atom. The number of nitrogens with one attached hydrogen (secondary N) is 1. The van der Waals surface area contributed by atoms with Crippen molar-refractivity contribution in [1.82, 2.24) is 0 Å². The molecule has 0 saturated carbocycles. The van der Waals surface area contributed by atoms with Crippen LogP contribution in [0.3, 0.4) is 0 Å². The Balaban J connectivity index is 2.23. The van der Waals surface area contributed by atoms with E-state index >= 15 is 0 Å². The summed E-state index contributed by atoms with van der Waals surface area (Å²) in [6.07, 6.45) is -4.69. The average Bonchev–Trinajstić information content (AvgIpc) is 2.45.